The van der Waals surface area contributed by atoms with Gasteiger partial charge >= 0.3 is 5.97 Å². The highest BCUT2D eigenvalue weighted by atomic mass is 16.5. The van der Waals surface area contributed by atoms with E-state index in [1.54, 1.807) is 35.8 Å². The van der Waals surface area contributed by atoms with Gasteiger partial charge in [0, 0.05) is 40.4 Å². The van der Waals surface area contributed by atoms with Crippen LogP contribution in [0.15, 0.2) is 0 Å². The van der Waals surface area contributed by atoms with Crippen LogP contribution in [-0.2, 0) is 38.2 Å². The Labute approximate surface area is 287 Å². The molecule has 0 aromatic rings. The molecular weight excluding hydrogens is 620 g/mol. The highest BCUT2D eigenvalue weighted by Gasteiger charge is 2.46. The summed E-state index contributed by atoms with van der Waals surface area (Å²) in [6.45, 7) is 10.3. The summed E-state index contributed by atoms with van der Waals surface area (Å²) >= 11 is 0. The van der Waals surface area contributed by atoms with Crippen molar-refractivity contribution >= 4 is 29.6 Å². The highest BCUT2D eigenvalue weighted by Crippen LogP contribution is 2.30. The van der Waals surface area contributed by atoms with E-state index in [1.807, 2.05) is 46.7 Å². The van der Waals surface area contributed by atoms with E-state index in [-0.39, 0.29) is 60.5 Å². The number of hydrogen-bond donors (Lipinski definition) is 2. The van der Waals surface area contributed by atoms with Crippen molar-refractivity contribution in [3.8, 4) is 0 Å². The summed E-state index contributed by atoms with van der Waals surface area (Å²) < 4.78 is 16.4. The number of nitrogens with zero attached hydrogens (tertiary/aromatic N) is 4. The second-order valence-corrected chi connectivity index (χ2v) is 14.0. The molecule has 276 valence electrons. The second kappa shape index (κ2) is 18.8. The molecule has 0 radical (unpaired) electrons. The van der Waals surface area contributed by atoms with E-state index in [1.165, 1.54) is 14.2 Å². The normalized spacial score (nSPS) is 23.4. The first-order chi connectivity index (χ1) is 22.5. The first-order valence-corrected chi connectivity index (χ1v) is 17.2. The van der Waals surface area contributed by atoms with Gasteiger partial charge < -0.3 is 40.0 Å². The Kier molecular flexibility index (Phi) is 16.2. The molecule has 2 aliphatic heterocycles. The molecule has 48 heavy (non-hydrogen) atoms. The summed E-state index contributed by atoms with van der Waals surface area (Å²) in [4.78, 5) is 73.3. The van der Waals surface area contributed by atoms with Crippen LogP contribution >= 0.6 is 0 Å². The number of likely N-dealkylation sites (tertiary alicyclic amines) is 2. The number of amides is 4. The van der Waals surface area contributed by atoms with Crippen LogP contribution in [-0.4, -0.2) is 154 Å². The lowest BCUT2D eigenvalue weighted by atomic mass is 9.90. The van der Waals surface area contributed by atoms with E-state index in [9.17, 15) is 24.0 Å². The number of carbonyl (C=O) groups is 5. The minimum atomic E-state index is -0.712. The molecule has 2 aliphatic rings. The van der Waals surface area contributed by atoms with Crippen molar-refractivity contribution in [2.75, 3.05) is 62.1 Å². The number of nitrogens with one attached hydrogen (secondary N) is 1. The van der Waals surface area contributed by atoms with Crippen LogP contribution in [0, 0.1) is 17.8 Å². The molecule has 3 N–H and O–H groups in total. The maximum Gasteiger partial charge on any atom is 0.325 e. The van der Waals surface area contributed by atoms with Crippen LogP contribution < -0.4 is 11.1 Å². The van der Waals surface area contributed by atoms with Crippen LogP contribution in [0.5, 0.6) is 0 Å². The predicted octanol–water partition coefficient (Wildman–Crippen LogP) is 0.710. The monoisotopic (exact) mass is 682 g/mol. The maximum absolute atomic E-state index is 14.3. The Morgan fingerprint density at radius 1 is 0.979 bits per heavy atom. The molecule has 9 unspecified atom stereocenters. The molecule has 2 fully saturated rings. The number of esters is 1. The Morgan fingerprint density at radius 2 is 1.62 bits per heavy atom. The number of carbonyl (C=O) groups excluding carboxylic acids is 5. The Bertz CT molecular complexity index is 1100. The summed E-state index contributed by atoms with van der Waals surface area (Å²) in [6, 6.07) is -2.24. The lowest BCUT2D eigenvalue weighted by Crippen LogP contribution is -2.58. The van der Waals surface area contributed by atoms with Gasteiger partial charge in [-0.15, -0.1) is 0 Å². The molecule has 14 heteroatoms. The van der Waals surface area contributed by atoms with Gasteiger partial charge in [0.25, 0.3) is 0 Å². The van der Waals surface area contributed by atoms with Gasteiger partial charge in [0.05, 0.1) is 49.8 Å². The number of hydrogen-bond acceptors (Lipinski definition) is 10. The molecule has 2 rings (SSSR count). The zero-order chi connectivity index (χ0) is 36.5. The molecule has 4 amide bonds. The zero-order valence-electron chi connectivity index (χ0n) is 31.1. The average molecular weight is 683 g/mol. The van der Waals surface area contributed by atoms with Crippen molar-refractivity contribution in [2.24, 2.45) is 23.5 Å². The molecule has 14 nitrogen and oxygen atoms in total. The molecule has 2 heterocycles. The van der Waals surface area contributed by atoms with E-state index in [2.05, 4.69) is 10.1 Å². The zero-order valence-corrected chi connectivity index (χ0v) is 31.1. The minimum absolute atomic E-state index is 0.0157. The van der Waals surface area contributed by atoms with E-state index in [4.69, 9.17) is 15.2 Å². The minimum Gasteiger partial charge on any atom is -0.468 e. The van der Waals surface area contributed by atoms with Gasteiger partial charge in [0.2, 0.25) is 23.6 Å². The van der Waals surface area contributed by atoms with E-state index in [0.717, 1.165) is 12.8 Å². The standard InChI is InChI=1S/C34H62N6O8/c1-12-21(4)30(38(8)33(44)25-16-23(35)19-40(25)34(45)29(20(2)3)37(6)7)26(46-9)17-27(41)39-15-13-14-24(39)31(48-11)22(5)32(43)36-18-28(42)47-10/h20-26,29-31H,12-19,35H2,1-11H3,(H,36,43). The lowest BCUT2D eigenvalue weighted by molar-refractivity contribution is -0.151. The molecule has 0 aliphatic carbocycles. The Hall–Kier alpha value is -2.81. The SMILES string of the molecule is CCC(C)C(C(CC(=O)N1CCCC1C(OC)C(C)C(=O)NCC(=O)OC)OC)N(C)C(=O)C1CC(N)CN1C(=O)C(C(C)C)N(C)C. The van der Waals surface area contributed by atoms with Crippen molar-refractivity contribution in [1.29, 1.82) is 0 Å². The average Bonchev–Trinajstić information content (AvgIpc) is 3.69. The molecule has 0 spiro atoms. The molecular formula is C34H62N6O8. The van der Waals surface area contributed by atoms with Gasteiger partial charge in [-0.3, -0.25) is 28.9 Å². The van der Waals surface area contributed by atoms with Crippen molar-refractivity contribution in [2.45, 2.75) is 109 Å². The Balaban J connectivity index is 2.29. The van der Waals surface area contributed by atoms with E-state index >= 15 is 0 Å². The van der Waals surface area contributed by atoms with Gasteiger partial charge in [-0.1, -0.05) is 41.0 Å². The van der Waals surface area contributed by atoms with Gasteiger partial charge in [-0.2, -0.15) is 0 Å². The number of likely N-dealkylation sites (N-methyl/N-ethyl adjacent to an activating group) is 2. The van der Waals surface area contributed by atoms with Crippen LogP contribution in [0.4, 0.5) is 0 Å². The second-order valence-electron chi connectivity index (χ2n) is 14.0. The van der Waals surface area contributed by atoms with Gasteiger partial charge in [-0.25, -0.2) is 0 Å². The smallest absolute Gasteiger partial charge is 0.325 e. The number of ether oxygens (including phenoxy) is 3. The van der Waals surface area contributed by atoms with Crippen LogP contribution in [0.2, 0.25) is 0 Å². The summed E-state index contributed by atoms with van der Waals surface area (Å²) in [5.41, 5.74) is 6.34. The summed E-state index contributed by atoms with van der Waals surface area (Å²) in [5.74, 6) is -2.05. The number of nitrogens with two attached hydrogens (primary N) is 1. The van der Waals surface area contributed by atoms with Gasteiger partial charge in [0.15, 0.2) is 0 Å². The quantitative estimate of drug-likeness (QED) is 0.209. The summed E-state index contributed by atoms with van der Waals surface area (Å²) in [7, 11) is 9.76. The van der Waals surface area contributed by atoms with E-state index < -0.39 is 42.2 Å². The fourth-order valence-corrected chi connectivity index (χ4v) is 7.55. The summed E-state index contributed by atoms with van der Waals surface area (Å²) in [5, 5.41) is 2.58. The fraction of sp³-hybridized carbons (Fsp3) is 0.853. The summed E-state index contributed by atoms with van der Waals surface area (Å²) in [6.07, 6.45) is 1.27. The largest absolute Gasteiger partial charge is 0.468 e. The third-order valence-electron chi connectivity index (χ3n) is 10.2. The highest BCUT2D eigenvalue weighted by molar-refractivity contribution is 5.91. The van der Waals surface area contributed by atoms with Crippen molar-refractivity contribution in [3.05, 3.63) is 0 Å². The van der Waals surface area contributed by atoms with Gasteiger partial charge in [0.1, 0.15) is 12.6 Å². The molecule has 0 aromatic heterocycles. The Morgan fingerprint density at radius 3 is 2.15 bits per heavy atom. The molecule has 0 bridgehead atoms. The molecule has 9 atom stereocenters. The fourth-order valence-electron chi connectivity index (χ4n) is 7.55. The van der Waals surface area contributed by atoms with Crippen molar-refractivity contribution < 1.29 is 38.2 Å². The first-order valence-electron chi connectivity index (χ1n) is 17.2. The molecule has 2 saturated heterocycles. The maximum atomic E-state index is 14.3. The van der Waals surface area contributed by atoms with Crippen LogP contribution in [0.1, 0.15) is 66.7 Å². The van der Waals surface area contributed by atoms with Crippen molar-refractivity contribution in [3.63, 3.8) is 0 Å². The number of methoxy groups -OCH3 is 3. The third-order valence-corrected chi connectivity index (χ3v) is 10.2. The third kappa shape index (κ3) is 9.88. The predicted molar refractivity (Wildman–Crippen MR) is 182 cm³/mol. The topological polar surface area (TPSA) is 164 Å². The number of rotatable bonds is 17. The van der Waals surface area contributed by atoms with E-state index in [0.29, 0.717) is 25.9 Å². The van der Waals surface area contributed by atoms with Crippen LogP contribution in [0.3, 0.4) is 0 Å². The van der Waals surface area contributed by atoms with Gasteiger partial charge in [-0.05, 0) is 45.2 Å². The van der Waals surface area contributed by atoms with Crippen molar-refractivity contribution in [1.82, 2.24) is 24.9 Å². The molecule has 0 saturated carbocycles. The first kappa shape index (κ1) is 41.4. The lowest BCUT2D eigenvalue weighted by Gasteiger charge is -2.41. The van der Waals surface area contributed by atoms with Crippen LogP contribution in [0.25, 0.3) is 0 Å². The molecule has 0 aromatic carbocycles.